The minimum Gasteiger partial charge on any atom is -0.394 e. The zero-order valence-electron chi connectivity index (χ0n) is 22.9. The average molecular weight is 619 g/mol. The van der Waals surface area contributed by atoms with Crippen molar-refractivity contribution in [3.63, 3.8) is 0 Å². The first-order valence-corrected chi connectivity index (χ1v) is 13.7. The minimum atomic E-state index is -1.91. The predicted octanol–water partition coefficient (Wildman–Crippen LogP) is -6.66. The van der Waals surface area contributed by atoms with Crippen molar-refractivity contribution in [1.82, 2.24) is 0 Å². The molecule has 246 valence electrons. The van der Waals surface area contributed by atoms with Gasteiger partial charge in [0.05, 0.1) is 31.5 Å². The molecule has 1 unspecified atom stereocenters. The van der Waals surface area contributed by atoms with Crippen LogP contribution < -0.4 is 0 Å². The molecule has 4 fully saturated rings. The second-order valence-electron chi connectivity index (χ2n) is 11.0. The summed E-state index contributed by atoms with van der Waals surface area (Å²) < 4.78 is 39.6. The molecule has 0 saturated carbocycles. The van der Waals surface area contributed by atoms with Gasteiger partial charge in [-0.15, -0.1) is 0 Å². The van der Waals surface area contributed by atoms with Crippen LogP contribution in [-0.4, -0.2) is 186 Å². The first-order chi connectivity index (χ1) is 19.8. The Kier molecular flexibility index (Phi) is 11.5. The van der Waals surface area contributed by atoms with E-state index >= 15 is 0 Å². The van der Waals surface area contributed by atoms with Gasteiger partial charge >= 0.3 is 0 Å². The van der Waals surface area contributed by atoms with Crippen molar-refractivity contribution in [3.8, 4) is 0 Å². The van der Waals surface area contributed by atoms with Gasteiger partial charge in [-0.25, -0.2) is 0 Å². The molecule has 42 heavy (non-hydrogen) atoms. The van der Waals surface area contributed by atoms with E-state index in [4.69, 9.17) is 33.2 Å². The van der Waals surface area contributed by atoms with Crippen molar-refractivity contribution >= 4 is 0 Å². The number of ether oxygens (including phenoxy) is 7. The van der Waals surface area contributed by atoms with Gasteiger partial charge in [-0.3, -0.25) is 0 Å². The summed E-state index contributed by atoms with van der Waals surface area (Å²) in [5.74, 6) is 0. The highest BCUT2D eigenvalue weighted by Gasteiger charge is 2.55. The monoisotopic (exact) mass is 618 g/mol. The first-order valence-electron chi connectivity index (χ1n) is 13.7. The van der Waals surface area contributed by atoms with E-state index in [-0.39, 0.29) is 6.42 Å². The highest BCUT2D eigenvalue weighted by molar-refractivity contribution is 4.97. The fourth-order valence-corrected chi connectivity index (χ4v) is 5.37. The molecule has 0 aliphatic carbocycles. The van der Waals surface area contributed by atoms with Crippen LogP contribution in [0.4, 0.5) is 0 Å². The standard InChI is InChI=1S/C24H42O18/c1-6-8(27)3-9(28)22(37-6)41-19-13(30)11(5-26)39-24(40-18-7(2)36-21(35)16(33)15(18)32)20(19)42-23-17(34)14(31)12(29)10(4-25)38-23/h6-35H,3-5H2,1-2H3/t6-,7+,8+,9-,10-,11-,12+,13-,14+,15+,16-,17-,18+,19+,20+,21?,22-,23-,24-/m1/s1. The van der Waals surface area contributed by atoms with Crippen molar-refractivity contribution in [2.75, 3.05) is 13.2 Å². The van der Waals surface area contributed by atoms with Gasteiger partial charge in [0.25, 0.3) is 0 Å². The molecular formula is C24H42O18. The van der Waals surface area contributed by atoms with E-state index in [1.165, 1.54) is 13.8 Å². The number of rotatable bonds is 8. The maximum absolute atomic E-state index is 11.1. The third kappa shape index (κ3) is 6.91. The summed E-state index contributed by atoms with van der Waals surface area (Å²) in [6.45, 7) is 1.35. The lowest BCUT2D eigenvalue weighted by atomic mass is 9.95. The Morgan fingerprint density at radius 3 is 1.71 bits per heavy atom. The molecule has 11 N–H and O–H groups in total. The van der Waals surface area contributed by atoms with Crippen molar-refractivity contribution in [2.24, 2.45) is 0 Å². The summed E-state index contributed by atoms with van der Waals surface area (Å²) >= 11 is 0. The molecule has 19 atom stereocenters. The predicted molar refractivity (Wildman–Crippen MR) is 130 cm³/mol. The lowest BCUT2D eigenvalue weighted by Crippen LogP contribution is -2.67. The zero-order chi connectivity index (χ0) is 31.0. The van der Waals surface area contributed by atoms with E-state index in [9.17, 15) is 56.2 Å². The van der Waals surface area contributed by atoms with Crippen LogP contribution in [0.3, 0.4) is 0 Å². The van der Waals surface area contributed by atoms with Gasteiger partial charge in [-0.2, -0.15) is 0 Å². The summed E-state index contributed by atoms with van der Waals surface area (Å²) in [4.78, 5) is 0. The van der Waals surface area contributed by atoms with Gasteiger partial charge in [0, 0.05) is 6.42 Å². The summed E-state index contributed by atoms with van der Waals surface area (Å²) in [5, 5.41) is 113. The van der Waals surface area contributed by atoms with E-state index in [0.29, 0.717) is 0 Å². The van der Waals surface area contributed by atoms with Crippen molar-refractivity contribution in [1.29, 1.82) is 0 Å². The van der Waals surface area contributed by atoms with Gasteiger partial charge < -0.3 is 89.3 Å². The third-order valence-corrected chi connectivity index (χ3v) is 8.00. The first kappa shape index (κ1) is 34.2. The Hall–Kier alpha value is -0.720. The van der Waals surface area contributed by atoms with Gasteiger partial charge in [0.2, 0.25) is 0 Å². The lowest BCUT2D eigenvalue weighted by Gasteiger charge is -2.50. The summed E-state index contributed by atoms with van der Waals surface area (Å²) in [6.07, 6.45) is -29.4. The second-order valence-corrected chi connectivity index (χ2v) is 11.0. The van der Waals surface area contributed by atoms with Crippen LogP contribution in [0.5, 0.6) is 0 Å². The number of hydrogen-bond acceptors (Lipinski definition) is 18. The molecule has 4 saturated heterocycles. The van der Waals surface area contributed by atoms with E-state index in [1.807, 2.05) is 0 Å². The van der Waals surface area contributed by atoms with Crippen molar-refractivity contribution in [3.05, 3.63) is 0 Å². The Bertz CT molecular complexity index is 852. The molecule has 4 aliphatic heterocycles. The van der Waals surface area contributed by atoms with E-state index in [0.717, 1.165) is 0 Å². The zero-order valence-corrected chi connectivity index (χ0v) is 22.9. The highest BCUT2D eigenvalue weighted by atomic mass is 16.8. The number of aliphatic hydroxyl groups is 11. The molecule has 0 aromatic carbocycles. The number of aliphatic hydroxyl groups excluding tert-OH is 11. The maximum atomic E-state index is 11.1. The number of hydrogen-bond donors (Lipinski definition) is 11. The Morgan fingerprint density at radius 1 is 0.500 bits per heavy atom. The molecule has 0 aromatic rings. The van der Waals surface area contributed by atoms with Crippen LogP contribution in [-0.2, 0) is 33.2 Å². The Balaban J connectivity index is 1.66. The van der Waals surface area contributed by atoms with E-state index in [2.05, 4.69) is 0 Å². The van der Waals surface area contributed by atoms with Crippen molar-refractivity contribution < 1.29 is 89.3 Å². The summed E-state index contributed by atoms with van der Waals surface area (Å²) in [6, 6.07) is 0. The molecule has 4 rings (SSSR count). The smallest absolute Gasteiger partial charge is 0.187 e. The third-order valence-electron chi connectivity index (χ3n) is 8.00. The molecule has 0 spiro atoms. The fourth-order valence-electron chi connectivity index (χ4n) is 5.37. The normalized spacial score (nSPS) is 54.1. The van der Waals surface area contributed by atoms with Gasteiger partial charge in [0.1, 0.15) is 73.2 Å². The lowest BCUT2D eigenvalue weighted by molar-refractivity contribution is -0.401. The van der Waals surface area contributed by atoms with Crippen LogP contribution >= 0.6 is 0 Å². The highest BCUT2D eigenvalue weighted by Crippen LogP contribution is 2.35. The molecule has 18 nitrogen and oxygen atoms in total. The largest absolute Gasteiger partial charge is 0.394 e. The van der Waals surface area contributed by atoms with E-state index < -0.39 is 130 Å². The molecule has 4 heterocycles. The Morgan fingerprint density at radius 2 is 1.07 bits per heavy atom. The Labute approximate surface area is 240 Å². The van der Waals surface area contributed by atoms with E-state index in [1.54, 1.807) is 0 Å². The summed E-state index contributed by atoms with van der Waals surface area (Å²) in [7, 11) is 0. The molecule has 18 heteroatoms. The van der Waals surface area contributed by atoms with Crippen LogP contribution in [0.1, 0.15) is 20.3 Å². The topological polar surface area (TPSA) is 287 Å². The van der Waals surface area contributed by atoms with Gasteiger partial charge in [-0.1, -0.05) is 0 Å². The van der Waals surface area contributed by atoms with Crippen LogP contribution in [0.25, 0.3) is 0 Å². The minimum absolute atomic E-state index is 0.157. The molecule has 0 radical (unpaired) electrons. The van der Waals surface area contributed by atoms with Crippen molar-refractivity contribution in [2.45, 2.75) is 137 Å². The van der Waals surface area contributed by atoms with Crippen LogP contribution in [0.2, 0.25) is 0 Å². The summed E-state index contributed by atoms with van der Waals surface area (Å²) in [5.41, 5.74) is 0. The van der Waals surface area contributed by atoms with Gasteiger partial charge in [-0.05, 0) is 13.8 Å². The molecule has 4 aliphatic rings. The SMILES string of the molecule is C[C@@H]1OC(O)[C@H](O)[C@H](O)[C@H]1O[C@H]1O[C@H](CO)[C@@H](O)[C@H](O[C@H]2O[C@H](C)[C@@H](O)C[C@H]2O)[C@@H]1O[C@H]1O[C@H](CO)[C@H](O)[C@H](O)[C@H]1O. The second kappa shape index (κ2) is 14.1. The molecular weight excluding hydrogens is 576 g/mol. The molecule has 0 bridgehead atoms. The molecule has 0 aromatic heterocycles. The molecule has 0 amide bonds. The van der Waals surface area contributed by atoms with Gasteiger partial charge in [0.15, 0.2) is 25.2 Å². The fraction of sp³-hybridized carbons (Fsp3) is 1.00. The quantitative estimate of drug-likeness (QED) is 0.120. The maximum Gasteiger partial charge on any atom is 0.187 e. The average Bonchev–Trinajstić information content (AvgIpc) is 2.95. The van der Waals surface area contributed by atoms with Crippen LogP contribution in [0, 0.1) is 0 Å². The van der Waals surface area contributed by atoms with Crippen LogP contribution in [0.15, 0.2) is 0 Å².